The molecular weight excluding hydrogens is 312 g/mol. The van der Waals surface area contributed by atoms with Crippen molar-refractivity contribution in [3.8, 4) is 0 Å². The predicted molar refractivity (Wildman–Crippen MR) is 94.0 cm³/mol. The van der Waals surface area contributed by atoms with Gasteiger partial charge in [0.15, 0.2) is 5.96 Å². The van der Waals surface area contributed by atoms with Crippen molar-refractivity contribution in [2.45, 2.75) is 19.4 Å². The van der Waals surface area contributed by atoms with Gasteiger partial charge >= 0.3 is 0 Å². The maximum atomic E-state index is 10.6. The van der Waals surface area contributed by atoms with Crippen LogP contribution in [-0.4, -0.2) is 24.5 Å². The maximum Gasteiger partial charge on any atom is 0.269 e. The number of rotatable bonds is 6. The van der Waals surface area contributed by atoms with Crippen LogP contribution < -0.4 is 10.6 Å². The standard InChI is InChI=1S/C16H20N4O2S/c1-12(14-7-8-23-11-14)9-18-16(17-2)19-10-13-3-5-15(6-4-13)20(21)22/h3-8,11-12H,9-10H2,1-2H3,(H2,17,18,19). The minimum atomic E-state index is -0.399. The summed E-state index contributed by atoms with van der Waals surface area (Å²) in [5.41, 5.74) is 2.37. The van der Waals surface area contributed by atoms with Gasteiger partial charge < -0.3 is 10.6 Å². The SMILES string of the molecule is CN=C(NCc1ccc([N+](=O)[O-])cc1)NCC(C)c1ccsc1. The number of nitro benzene ring substituents is 1. The Morgan fingerprint density at radius 1 is 1.30 bits per heavy atom. The molecule has 0 bridgehead atoms. The van der Waals surface area contributed by atoms with Gasteiger partial charge in [-0.05, 0) is 33.9 Å². The topological polar surface area (TPSA) is 79.6 Å². The van der Waals surface area contributed by atoms with Gasteiger partial charge in [-0.3, -0.25) is 15.1 Å². The van der Waals surface area contributed by atoms with Gasteiger partial charge in [0.25, 0.3) is 5.69 Å². The molecule has 6 nitrogen and oxygen atoms in total. The third-order valence-electron chi connectivity index (χ3n) is 3.52. The molecule has 0 saturated carbocycles. The van der Waals surface area contributed by atoms with Crippen molar-refractivity contribution < 1.29 is 4.92 Å². The maximum absolute atomic E-state index is 10.6. The monoisotopic (exact) mass is 332 g/mol. The van der Waals surface area contributed by atoms with Crippen LogP contribution in [0.5, 0.6) is 0 Å². The Balaban J connectivity index is 1.82. The van der Waals surface area contributed by atoms with E-state index in [-0.39, 0.29) is 5.69 Å². The highest BCUT2D eigenvalue weighted by molar-refractivity contribution is 7.07. The van der Waals surface area contributed by atoms with E-state index in [9.17, 15) is 10.1 Å². The second-order valence-corrected chi connectivity index (χ2v) is 5.97. The highest BCUT2D eigenvalue weighted by atomic mass is 32.1. The van der Waals surface area contributed by atoms with Crippen LogP contribution in [0.2, 0.25) is 0 Å². The van der Waals surface area contributed by atoms with Crippen molar-refractivity contribution in [1.29, 1.82) is 0 Å². The first-order valence-electron chi connectivity index (χ1n) is 7.30. The fraction of sp³-hybridized carbons (Fsp3) is 0.312. The minimum Gasteiger partial charge on any atom is -0.356 e. The fourth-order valence-corrected chi connectivity index (χ4v) is 2.85. The molecule has 2 rings (SSSR count). The summed E-state index contributed by atoms with van der Waals surface area (Å²) >= 11 is 1.70. The molecule has 2 N–H and O–H groups in total. The Hall–Kier alpha value is -2.41. The molecule has 0 aliphatic heterocycles. The lowest BCUT2D eigenvalue weighted by Crippen LogP contribution is -2.38. The Morgan fingerprint density at radius 2 is 2.04 bits per heavy atom. The number of nitrogens with one attached hydrogen (secondary N) is 2. The number of guanidine groups is 1. The van der Waals surface area contributed by atoms with Crippen LogP contribution in [0.3, 0.4) is 0 Å². The zero-order valence-corrected chi connectivity index (χ0v) is 14.0. The Morgan fingerprint density at radius 3 is 2.61 bits per heavy atom. The fourth-order valence-electron chi connectivity index (χ4n) is 2.06. The highest BCUT2D eigenvalue weighted by Crippen LogP contribution is 2.17. The lowest BCUT2D eigenvalue weighted by molar-refractivity contribution is -0.384. The van der Waals surface area contributed by atoms with E-state index in [1.165, 1.54) is 17.7 Å². The zero-order valence-electron chi connectivity index (χ0n) is 13.2. The zero-order chi connectivity index (χ0) is 16.7. The van der Waals surface area contributed by atoms with Crippen molar-refractivity contribution in [1.82, 2.24) is 10.6 Å². The molecule has 0 saturated heterocycles. The Kier molecular flexibility index (Phi) is 6.10. The highest BCUT2D eigenvalue weighted by Gasteiger charge is 2.07. The van der Waals surface area contributed by atoms with E-state index in [1.54, 1.807) is 30.5 Å². The van der Waals surface area contributed by atoms with Crippen LogP contribution in [0.1, 0.15) is 24.0 Å². The molecule has 0 radical (unpaired) electrons. The van der Waals surface area contributed by atoms with Crippen molar-refractivity contribution >= 4 is 23.0 Å². The number of hydrogen-bond donors (Lipinski definition) is 2. The molecule has 0 amide bonds. The van der Waals surface area contributed by atoms with E-state index in [0.717, 1.165) is 12.1 Å². The first-order valence-corrected chi connectivity index (χ1v) is 8.24. The summed E-state index contributed by atoms with van der Waals surface area (Å²) in [6.07, 6.45) is 0. The molecule has 0 aliphatic carbocycles. The summed E-state index contributed by atoms with van der Waals surface area (Å²) in [6.45, 7) is 3.51. The van der Waals surface area contributed by atoms with Gasteiger partial charge in [0, 0.05) is 32.3 Å². The number of nitro groups is 1. The predicted octanol–water partition coefficient (Wildman–Crippen LogP) is 3.13. The molecule has 7 heteroatoms. The molecule has 0 spiro atoms. The Labute approximate surface area is 139 Å². The summed E-state index contributed by atoms with van der Waals surface area (Å²) in [5, 5.41) is 21.4. The molecule has 1 unspecified atom stereocenters. The van der Waals surface area contributed by atoms with Crippen LogP contribution in [0.15, 0.2) is 46.1 Å². The third kappa shape index (κ3) is 5.07. The van der Waals surface area contributed by atoms with Crippen molar-refractivity contribution in [3.05, 3.63) is 62.3 Å². The summed E-state index contributed by atoms with van der Waals surface area (Å²) in [6, 6.07) is 8.63. The largest absolute Gasteiger partial charge is 0.356 e. The number of benzene rings is 1. The first kappa shape index (κ1) is 17.0. The average molecular weight is 332 g/mol. The van der Waals surface area contributed by atoms with Crippen molar-refractivity contribution in [2.24, 2.45) is 4.99 Å². The first-order chi connectivity index (χ1) is 11.1. The number of aliphatic imine (C=N–C) groups is 1. The van der Waals surface area contributed by atoms with Gasteiger partial charge in [-0.25, -0.2) is 0 Å². The molecule has 1 heterocycles. The summed E-state index contributed by atoms with van der Waals surface area (Å²) in [5.74, 6) is 1.12. The van der Waals surface area contributed by atoms with Gasteiger partial charge in [-0.15, -0.1) is 0 Å². The van der Waals surface area contributed by atoms with Crippen LogP contribution in [0.4, 0.5) is 5.69 Å². The molecular formula is C16H20N4O2S. The molecule has 0 aliphatic rings. The second kappa shape index (κ2) is 8.28. The number of nitrogens with zero attached hydrogens (tertiary/aromatic N) is 2. The molecule has 122 valence electrons. The summed E-state index contributed by atoms with van der Waals surface area (Å²) in [7, 11) is 1.72. The molecule has 1 aromatic carbocycles. The van der Waals surface area contributed by atoms with Crippen LogP contribution in [0, 0.1) is 10.1 Å². The second-order valence-electron chi connectivity index (χ2n) is 5.19. The number of non-ortho nitro benzene ring substituents is 1. The van der Waals surface area contributed by atoms with E-state index in [2.05, 4.69) is 39.4 Å². The third-order valence-corrected chi connectivity index (χ3v) is 4.22. The van der Waals surface area contributed by atoms with E-state index < -0.39 is 4.92 Å². The van der Waals surface area contributed by atoms with E-state index in [1.807, 2.05) is 0 Å². The minimum absolute atomic E-state index is 0.0980. The van der Waals surface area contributed by atoms with Crippen LogP contribution >= 0.6 is 11.3 Å². The van der Waals surface area contributed by atoms with Gasteiger partial charge in [-0.2, -0.15) is 11.3 Å². The normalized spacial score (nSPS) is 12.7. The van der Waals surface area contributed by atoms with E-state index in [0.29, 0.717) is 18.4 Å². The number of hydrogen-bond acceptors (Lipinski definition) is 4. The lowest BCUT2D eigenvalue weighted by Gasteiger charge is -2.15. The Bertz CT molecular complexity index is 653. The summed E-state index contributed by atoms with van der Waals surface area (Å²) in [4.78, 5) is 14.4. The average Bonchev–Trinajstić information content (AvgIpc) is 3.09. The number of thiophene rings is 1. The van der Waals surface area contributed by atoms with E-state index in [4.69, 9.17) is 0 Å². The molecule has 2 aromatic rings. The molecule has 1 atom stereocenters. The lowest BCUT2D eigenvalue weighted by atomic mass is 10.1. The smallest absolute Gasteiger partial charge is 0.269 e. The van der Waals surface area contributed by atoms with Gasteiger partial charge in [0.2, 0.25) is 0 Å². The molecule has 1 aromatic heterocycles. The van der Waals surface area contributed by atoms with Crippen LogP contribution in [0.25, 0.3) is 0 Å². The van der Waals surface area contributed by atoms with Crippen molar-refractivity contribution in [2.75, 3.05) is 13.6 Å². The van der Waals surface area contributed by atoms with Gasteiger partial charge in [0.1, 0.15) is 0 Å². The molecule has 23 heavy (non-hydrogen) atoms. The van der Waals surface area contributed by atoms with Gasteiger partial charge in [-0.1, -0.05) is 19.1 Å². The van der Waals surface area contributed by atoms with Gasteiger partial charge in [0.05, 0.1) is 4.92 Å². The molecule has 0 fully saturated rings. The van der Waals surface area contributed by atoms with Crippen LogP contribution in [-0.2, 0) is 6.54 Å². The summed E-state index contributed by atoms with van der Waals surface area (Å²) < 4.78 is 0. The van der Waals surface area contributed by atoms with E-state index >= 15 is 0 Å². The quantitative estimate of drug-likeness (QED) is 0.369. The van der Waals surface area contributed by atoms with Crippen molar-refractivity contribution in [3.63, 3.8) is 0 Å².